The fraction of sp³-hybridized carbons (Fsp3) is 0.500. The Labute approximate surface area is 116 Å². The number of rotatable bonds is 6. The molecule has 0 fully saturated rings. The van der Waals surface area contributed by atoms with Gasteiger partial charge in [0.1, 0.15) is 5.82 Å². The van der Waals surface area contributed by atoms with Crippen molar-refractivity contribution in [2.75, 3.05) is 6.54 Å². The summed E-state index contributed by atoms with van der Waals surface area (Å²) in [6, 6.07) is 3.54. The van der Waals surface area contributed by atoms with E-state index in [1.54, 1.807) is 0 Å². The number of hydrogen-bond donors (Lipinski definition) is 1. The molecule has 0 aliphatic carbocycles. The van der Waals surface area contributed by atoms with Gasteiger partial charge in [0, 0.05) is 11.0 Å². The molecule has 0 atom stereocenters. The number of nitrogens with one attached hydrogen (secondary N) is 1. The molecule has 0 aliphatic heterocycles. The molecule has 0 heterocycles. The molecule has 0 spiro atoms. The molecule has 6 heteroatoms. The smallest absolute Gasteiger partial charge is 0.211 e. The van der Waals surface area contributed by atoms with E-state index >= 15 is 0 Å². The van der Waals surface area contributed by atoms with Crippen LogP contribution in [0.15, 0.2) is 27.6 Å². The Morgan fingerprint density at radius 1 is 1.33 bits per heavy atom. The highest BCUT2D eigenvalue weighted by Gasteiger charge is 2.18. The first-order chi connectivity index (χ1) is 8.40. The lowest BCUT2D eigenvalue weighted by Gasteiger charge is -2.14. The topological polar surface area (TPSA) is 46.2 Å². The molecule has 0 aliphatic rings. The van der Waals surface area contributed by atoms with Crippen LogP contribution in [-0.4, -0.2) is 15.0 Å². The lowest BCUT2D eigenvalue weighted by Crippen LogP contribution is -2.29. The molecule has 1 rings (SSSR count). The van der Waals surface area contributed by atoms with Crippen LogP contribution in [0.25, 0.3) is 0 Å². The van der Waals surface area contributed by atoms with Gasteiger partial charge in [-0.15, -0.1) is 0 Å². The molecule has 0 amide bonds. The maximum absolute atomic E-state index is 12.9. The summed E-state index contributed by atoms with van der Waals surface area (Å²) in [6.07, 6.45) is 1.84. The molecule has 1 aromatic rings. The largest absolute Gasteiger partial charge is 0.241 e. The van der Waals surface area contributed by atoms with Crippen LogP contribution in [0.3, 0.4) is 0 Å². The van der Waals surface area contributed by atoms with Gasteiger partial charge in [0.15, 0.2) is 0 Å². The third-order valence-corrected chi connectivity index (χ3v) is 5.30. The Balaban J connectivity index is 2.86. The Kier molecular flexibility index (Phi) is 5.75. The molecular formula is C12H17BrFNO2S. The zero-order valence-electron chi connectivity index (χ0n) is 10.4. The third kappa shape index (κ3) is 4.03. The summed E-state index contributed by atoms with van der Waals surface area (Å²) >= 11 is 3.06. The van der Waals surface area contributed by atoms with Crippen LogP contribution in [0.5, 0.6) is 0 Å². The van der Waals surface area contributed by atoms with Crippen LogP contribution >= 0.6 is 15.9 Å². The summed E-state index contributed by atoms with van der Waals surface area (Å²) in [5.74, 6) is -0.153. The molecule has 1 aromatic carbocycles. The quantitative estimate of drug-likeness (QED) is 0.865. The molecule has 0 bridgehead atoms. The fourth-order valence-electron chi connectivity index (χ4n) is 1.58. The highest BCUT2D eigenvalue weighted by molar-refractivity contribution is 9.10. The zero-order chi connectivity index (χ0) is 13.8. The molecule has 0 radical (unpaired) electrons. The van der Waals surface area contributed by atoms with Crippen LogP contribution in [0.1, 0.15) is 26.7 Å². The van der Waals surface area contributed by atoms with Gasteiger partial charge in [-0.2, -0.15) is 0 Å². The zero-order valence-corrected chi connectivity index (χ0v) is 12.8. The summed E-state index contributed by atoms with van der Waals surface area (Å²) in [4.78, 5) is 0.0647. The van der Waals surface area contributed by atoms with E-state index in [9.17, 15) is 12.8 Å². The van der Waals surface area contributed by atoms with Gasteiger partial charge in [-0.3, -0.25) is 0 Å². The Morgan fingerprint density at radius 3 is 2.44 bits per heavy atom. The van der Waals surface area contributed by atoms with Crippen molar-refractivity contribution in [2.24, 2.45) is 5.92 Å². The predicted molar refractivity (Wildman–Crippen MR) is 73.4 cm³/mol. The van der Waals surface area contributed by atoms with Gasteiger partial charge in [0.25, 0.3) is 0 Å². The summed E-state index contributed by atoms with van der Waals surface area (Å²) in [6.45, 7) is 4.45. The average molecular weight is 338 g/mol. The minimum atomic E-state index is -3.59. The second-order valence-corrected chi connectivity index (χ2v) is 6.70. The lowest BCUT2D eigenvalue weighted by molar-refractivity contribution is 0.478. The van der Waals surface area contributed by atoms with Crippen LogP contribution in [0.4, 0.5) is 4.39 Å². The van der Waals surface area contributed by atoms with E-state index in [2.05, 4.69) is 20.7 Å². The van der Waals surface area contributed by atoms with Crippen molar-refractivity contribution in [1.29, 1.82) is 0 Å². The average Bonchev–Trinajstić information content (AvgIpc) is 2.29. The van der Waals surface area contributed by atoms with E-state index in [-0.39, 0.29) is 9.37 Å². The van der Waals surface area contributed by atoms with Crippen LogP contribution in [0.2, 0.25) is 0 Å². The van der Waals surface area contributed by atoms with Gasteiger partial charge < -0.3 is 0 Å². The number of sulfonamides is 1. The minimum absolute atomic E-state index is 0.0647. The predicted octanol–water partition coefficient (Wildman–Crippen LogP) is 3.30. The SMILES string of the molecule is CCC(CC)CNS(=O)(=O)c1ccc(F)cc1Br. The van der Waals surface area contributed by atoms with Crippen molar-refractivity contribution >= 4 is 26.0 Å². The van der Waals surface area contributed by atoms with Gasteiger partial charge in [-0.1, -0.05) is 26.7 Å². The number of hydrogen-bond acceptors (Lipinski definition) is 2. The second-order valence-electron chi connectivity index (χ2n) is 4.11. The van der Waals surface area contributed by atoms with Crippen molar-refractivity contribution in [3.63, 3.8) is 0 Å². The van der Waals surface area contributed by atoms with Crippen molar-refractivity contribution in [1.82, 2.24) is 4.72 Å². The summed E-state index contributed by atoms with van der Waals surface area (Å²) in [5, 5.41) is 0. The summed E-state index contributed by atoms with van der Waals surface area (Å²) in [7, 11) is -3.59. The lowest BCUT2D eigenvalue weighted by atomic mass is 10.0. The molecule has 18 heavy (non-hydrogen) atoms. The first-order valence-corrected chi connectivity index (χ1v) is 8.13. The standard InChI is InChI=1S/C12H17BrFNO2S/c1-3-9(4-2)8-15-18(16,17)12-6-5-10(14)7-11(12)13/h5-7,9,15H,3-4,8H2,1-2H3. The highest BCUT2D eigenvalue weighted by atomic mass is 79.9. The minimum Gasteiger partial charge on any atom is -0.211 e. The monoisotopic (exact) mass is 337 g/mol. The molecule has 1 N–H and O–H groups in total. The van der Waals surface area contributed by atoms with E-state index in [1.165, 1.54) is 6.07 Å². The molecule has 0 saturated heterocycles. The molecule has 3 nitrogen and oxygen atoms in total. The van der Waals surface area contributed by atoms with Crippen LogP contribution in [0, 0.1) is 11.7 Å². The van der Waals surface area contributed by atoms with Gasteiger partial charge >= 0.3 is 0 Å². The molecule has 0 unspecified atom stereocenters. The van der Waals surface area contributed by atoms with E-state index in [0.717, 1.165) is 25.0 Å². The maximum Gasteiger partial charge on any atom is 0.241 e. The fourth-order valence-corrected chi connectivity index (χ4v) is 3.74. The summed E-state index contributed by atoms with van der Waals surface area (Å²) in [5.41, 5.74) is 0. The Bertz CT molecular complexity index is 501. The normalized spacial score (nSPS) is 12.1. The van der Waals surface area contributed by atoms with Crippen molar-refractivity contribution < 1.29 is 12.8 Å². The highest BCUT2D eigenvalue weighted by Crippen LogP contribution is 2.22. The first kappa shape index (κ1) is 15.6. The van der Waals surface area contributed by atoms with Gasteiger partial charge in [-0.25, -0.2) is 17.5 Å². The van der Waals surface area contributed by atoms with E-state index in [1.807, 2.05) is 13.8 Å². The van der Waals surface area contributed by atoms with Crippen LogP contribution < -0.4 is 4.72 Å². The molecule has 0 saturated carbocycles. The molecule has 102 valence electrons. The third-order valence-electron chi connectivity index (χ3n) is 2.90. The number of benzene rings is 1. The summed E-state index contributed by atoms with van der Waals surface area (Å²) < 4.78 is 39.8. The van der Waals surface area contributed by atoms with Gasteiger partial charge in [-0.05, 0) is 40.0 Å². The van der Waals surface area contributed by atoms with Crippen molar-refractivity contribution in [3.05, 3.63) is 28.5 Å². The van der Waals surface area contributed by atoms with E-state index < -0.39 is 15.8 Å². The first-order valence-electron chi connectivity index (χ1n) is 5.85. The molecular weight excluding hydrogens is 321 g/mol. The van der Waals surface area contributed by atoms with Crippen molar-refractivity contribution in [2.45, 2.75) is 31.6 Å². The molecule has 0 aromatic heterocycles. The second kappa shape index (κ2) is 6.63. The van der Waals surface area contributed by atoms with Crippen molar-refractivity contribution in [3.8, 4) is 0 Å². The van der Waals surface area contributed by atoms with Gasteiger partial charge in [0.05, 0.1) is 4.90 Å². The van der Waals surface area contributed by atoms with Gasteiger partial charge in [0.2, 0.25) is 10.0 Å². The Hall–Kier alpha value is -0.460. The maximum atomic E-state index is 12.9. The van der Waals surface area contributed by atoms with E-state index in [0.29, 0.717) is 12.5 Å². The van der Waals surface area contributed by atoms with Crippen LogP contribution in [-0.2, 0) is 10.0 Å². The number of halogens is 2. The van der Waals surface area contributed by atoms with E-state index in [4.69, 9.17) is 0 Å². The Morgan fingerprint density at radius 2 is 1.94 bits per heavy atom.